The van der Waals surface area contributed by atoms with Gasteiger partial charge in [0.15, 0.2) is 5.82 Å². The van der Waals surface area contributed by atoms with Gasteiger partial charge in [0, 0.05) is 16.6 Å². The molecule has 3 nitrogen and oxygen atoms in total. The second-order valence-corrected chi connectivity index (χ2v) is 5.31. The van der Waals surface area contributed by atoms with Gasteiger partial charge in [-0.15, -0.1) is 21.8 Å². The van der Waals surface area contributed by atoms with Crippen LogP contribution in [0.25, 0.3) is 11.4 Å². The number of halogens is 2. The molecule has 94 valence electrons. The number of aromatic nitrogens is 3. The van der Waals surface area contributed by atoms with Crippen LogP contribution in [-0.2, 0) is 5.88 Å². The van der Waals surface area contributed by atoms with Crippen molar-refractivity contribution in [3.8, 4) is 11.4 Å². The van der Waals surface area contributed by atoms with E-state index in [2.05, 4.69) is 14.8 Å². The molecule has 1 heterocycles. The van der Waals surface area contributed by atoms with Crippen molar-refractivity contribution < 1.29 is 0 Å². The summed E-state index contributed by atoms with van der Waals surface area (Å²) in [5, 5.41) is 9.22. The summed E-state index contributed by atoms with van der Waals surface area (Å²) in [5.74, 6) is 2.14. The third-order valence-electron chi connectivity index (χ3n) is 3.21. The van der Waals surface area contributed by atoms with Crippen molar-refractivity contribution in [2.75, 3.05) is 0 Å². The Kier molecular flexibility index (Phi) is 3.04. The number of hydrogen-bond acceptors (Lipinski definition) is 2. The summed E-state index contributed by atoms with van der Waals surface area (Å²) in [6.45, 7) is 1.99. The molecule has 1 fully saturated rings. The molecule has 0 spiro atoms. The summed E-state index contributed by atoms with van der Waals surface area (Å²) < 4.78 is 2.16. The van der Waals surface area contributed by atoms with Crippen molar-refractivity contribution in [2.24, 2.45) is 0 Å². The first kappa shape index (κ1) is 12.0. The molecule has 1 saturated carbocycles. The fraction of sp³-hybridized carbons (Fsp3) is 0.385. The Labute approximate surface area is 116 Å². The lowest BCUT2D eigenvalue weighted by Crippen LogP contribution is -2.02. The lowest BCUT2D eigenvalue weighted by Gasteiger charge is -2.08. The van der Waals surface area contributed by atoms with E-state index >= 15 is 0 Å². The van der Waals surface area contributed by atoms with Crippen LogP contribution in [0.4, 0.5) is 0 Å². The normalized spacial score (nSPS) is 15.1. The first-order valence-electron chi connectivity index (χ1n) is 5.97. The molecule has 5 heteroatoms. The molecule has 0 atom stereocenters. The second kappa shape index (κ2) is 4.56. The molecule has 0 N–H and O–H groups in total. The number of rotatable bonds is 3. The van der Waals surface area contributed by atoms with Crippen molar-refractivity contribution in [2.45, 2.75) is 31.7 Å². The van der Waals surface area contributed by atoms with Crippen LogP contribution in [0.1, 0.15) is 30.3 Å². The van der Waals surface area contributed by atoms with Crippen molar-refractivity contribution in [1.82, 2.24) is 14.8 Å². The largest absolute Gasteiger partial charge is 0.307 e. The van der Waals surface area contributed by atoms with E-state index in [1.807, 2.05) is 25.1 Å². The smallest absolute Gasteiger partial charge is 0.164 e. The Morgan fingerprint density at radius 3 is 2.72 bits per heavy atom. The van der Waals surface area contributed by atoms with Gasteiger partial charge in [-0.05, 0) is 43.5 Å². The number of nitrogens with zero attached hydrogens (tertiary/aromatic N) is 3. The standard InChI is InChI=1S/C13H13Cl2N3/c1-8-6-9(2-5-11(8)15)13-17-16-12(7-14)18(13)10-3-4-10/h2,5-6,10H,3-4,7H2,1H3. The highest BCUT2D eigenvalue weighted by atomic mass is 35.5. The Bertz CT molecular complexity index is 588. The third kappa shape index (κ3) is 2.02. The van der Waals surface area contributed by atoms with E-state index in [1.165, 1.54) is 12.8 Å². The van der Waals surface area contributed by atoms with Crippen molar-refractivity contribution in [3.05, 3.63) is 34.6 Å². The van der Waals surface area contributed by atoms with Gasteiger partial charge in [0.05, 0.1) is 5.88 Å². The topological polar surface area (TPSA) is 30.7 Å². The zero-order chi connectivity index (χ0) is 12.7. The van der Waals surface area contributed by atoms with Crippen molar-refractivity contribution >= 4 is 23.2 Å². The van der Waals surface area contributed by atoms with Gasteiger partial charge >= 0.3 is 0 Å². The summed E-state index contributed by atoms with van der Waals surface area (Å²) in [6.07, 6.45) is 2.36. The molecule has 1 aliphatic carbocycles. The van der Waals surface area contributed by atoms with Gasteiger partial charge in [0.1, 0.15) is 5.82 Å². The Balaban J connectivity index is 2.10. The first-order valence-corrected chi connectivity index (χ1v) is 6.88. The van der Waals surface area contributed by atoms with E-state index in [9.17, 15) is 0 Å². The molecule has 0 unspecified atom stereocenters. The highest BCUT2D eigenvalue weighted by Gasteiger charge is 2.29. The van der Waals surface area contributed by atoms with Crippen LogP contribution in [-0.4, -0.2) is 14.8 Å². The van der Waals surface area contributed by atoms with Crippen LogP contribution in [0.5, 0.6) is 0 Å². The fourth-order valence-corrected chi connectivity index (χ4v) is 2.41. The first-order chi connectivity index (χ1) is 8.70. The zero-order valence-electron chi connectivity index (χ0n) is 10.0. The lowest BCUT2D eigenvalue weighted by atomic mass is 10.1. The van der Waals surface area contributed by atoms with E-state index in [0.29, 0.717) is 11.9 Å². The van der Waals surface area contributed by atoms with Crippen LogP contribution < -0.4 is 0 Å². The van der Waals surface area contributed by atoms with Gasteiger partial charge in [0.2, 0.25) is 0 Å². The summed E-state index contributed by atoms with van der Waals surface area (Å²) >= 11 is 12.0. The Morgan fingerprint density at radius 1 is 1.33 bits per heavy atom. The molecular formula is C13H13Cl2N3. The number of benzene rings is 1. The molecule has 1 aliphatic rings. The van der Waals surface area contributed by atoms with E-state index in [-0.39, 0.29) is 0 Å². The average Bonchev–Trinajstić information content (AvgIpc) is 3.12. The van der Waals surface area contributed by atoms with E-state index in [4.69, 9.17) is 23.2 Å². The minimum absolute atomic E-state index is 0.399. The van der Waals surface area contributed by atoms with Gasteiger partial charge in [-0.25, -0.2) is 0 Å². The predicted octanol–water partition coefficient (Wildman–Crippen LogP) is 3.98. The molecule has 1 aromatic heterocycles. The summed E-state index contributed by atoms with van der Waals surface area (Å²) in [4.78, 5) is 0. The molecule has 0 amide bonds. The molecule has 18 heavy (non-hydrogen) atoms. The van der Waals surface area contributed by atoms with Crippen LogP contribution in [0.2, 0.25) is 5.02 Å². The molecular weight excluding hydrogens is 269 g/mol. The number of aryl methyl sites for hydroxylation is 1. The van der Waals surface area contributed by atoms with Crippen LogP contribution in [0.15, 0.2) is 18.2 Å². The number of alkyl halides is 1. The van der Waals surface area contributed by atoms with E-state index < -0.39 is 0 Å². The predicted molar refractivity (Wildman–Crippen MR) is 73.0 cm³/mol. The quantitative estimate of drug-likeness (QED) is 0.797. The second-order valence-electron chi connectivity index (χ2n) is 4.64. The van der Waals surface area contributed by atoms with Gasteiger partial charge < -0.3 is 4.57 Å². The molecule has 2 aromatic rings. The number of hydrogen-bond donors (Lipinski definition) is 0. The van der Waals surface area contributed by atoms with Gasteiger partial charge in [-0.3, -0.25) is 0 Å². The Hall–Kier alpha value is -1.06. The minimum Gasteiger partial charge on any atom is -0.307 e. The average molecular weight is 282 g/mol. The van der Waals surface area contributed by atoms with Crippen LogP contribution in [0.3, 0.4) is 0 Å². The molecule has 1 aromatic carbocycles. The third-order valence-corrected chi connectivity index (χ3v) is 3.88. The van der Waals surface area contributed by atoms with Gasteiger partial charge in [0.25, 0.3) is 0 Å². The van der Waals surface area contributed by atoms with Gasteiger partial charge in [-0.1, -0.05) is 11.6 Å². The maximum Gasteiger partial charge on any atom is 0.164 e. The van der Waals surface area contributed by atoms with Crippen LogP contribution in [0, 0.1) is 6.92 Å². The summed E-state index contributed by atoms with van der Waals surface area (Å²) in [6, 6.07) is 6.44. The van der Waals surface area contributed by atoms with Gasteiger partial charge in [-0.2, -0.15) is 0 Å². The SMILES string of the molecule is Cc1cc(-c2nnc(CCl)n2C2CC2)ccc1Cl. The maximum absolute atomic E-state index is 6.05. The monoisotopic (exact) mass is 281 g/mol. The fourth-order valence-electron chi connectivity index (χ4n) is 2.11. The highest BCUT2D eigenvalue weighted by Crippen LogP contribution is 2.39. The molecule has 0 radical (unpaired) electrons. The molecule has 3 rings (SSSR count). The molecule has 0 bridgehead atoms. The summed E-state index contributed by atoms with van der Waals surface area (Å²) in [7, 11) is 0. The van der Waals surface area contributed by atoms with Crippen molar-refractivity contribution in [1.29, 1.82) is 0 Å². The van der Waals surface area contributed by atoms with E-state index in [0.717, 1.165) is 27.8 Å². The molecule has 0 saturated heterocycles. The zero-order valence-corrected chi connectivity index (χ0v) is 11.5. The van der Waals surface area contributed by atoms with Crippen LogP contribution >= 0.6 is 23.2 Å². The summed E-state index contributed by atoms with van der Waals surface area (Å²) in [5.41, 5.74) is 2.10. The molecule has 0 aliphatic heterocycles. The van der Waals surface area contributed by atoms with E-state index in [1.54, 1.807) is 0 Å². The maximum atomic E-state index is 6.05. The highest BCUT2D eigenvalue weighted by molar-refractivity contribution is 6.31. The lowest BCUT2D eigenvalue weighted by molar-refractivity contribution is 0.712. The minimum atomic E-state index is 0.399. The van der Waals surface area contributed by atoms with Crippen molar-refractivity contribution in [3.63, 3.8) is 0 Å². The Morgan fingerprint density at radius 2 is 2.11 bits per heavy atom.